The third-order valence-corrected chi connectivity index (χ3v) is 3.45. The number of rotatable bonds is 7. The molecule has 0 heterocycles. The molecule has 0 saturated heterocycles. The molecule has 0 amide bonds. The lowest BCUT2D eigenvalue weighted by atomic mass is 10.0. The van der Waals surface area contributed by atoms with Crippen molar-refractivity contribution in [3.05, 3.63) is 59.7 Å². The minimum absolute atomic E-state index is 0. The molecule has 0 radical (unpaired) electrons. The van der Waals surface area contributed by atoms with Crippen LogP contribution in [0.5, 0.6) is 11.5 Å². The van der Waals surface area contributed by atoms with Gasteiger partial charge in [0.25, 0.3) is 5.92 Å². The third kappa shape index (κ3) is 4.80. The van der Waals surface area contributed by atoms with Crippen molar-refractivity contribution in [3.8, 4) is 11.5 Å². The van der Waals surface area contributed by atoms with Crippen LogP contribution in [0, 0.1) is 0 Å². The highest BCUT2D eigenvalue weighted by atomic mass is 35.5. The van der Waals surface area contributed by atoms with E-state index in [1.54, 1.807) is 0 Å². The molecule has 132 valence electrons. The maximum atomic E-state index is 13.5. The molecule has 0 fully saturated rings. The van der Waals surface area contributed by atoms with E-state index in [2.05, 4.69) is 0 Å². The van der Waals surface area contributed by atoms with Crippen molar-refractivity contribution in [2.45, 2.75) is 18.6 Å². The normalized spacial score (nSPS) is 12.2. The summed E-state index contributed by atoms with van der Waals surface area (Å²) in [5.74, 6) is -2.67. The molecule has 0 aliphatic carbocycles. The van der Waals surface area contributed by atoms with Gasteiger partial charge in [-0.25, -0.2) is 8.78 Å². The summed E-state index contributed by atoms with van der Waals surface area (Å²) in [6, 6.07) is 12.3. The van der Waals surface area contributed by atoms with Gasteiger partial charge in [-0.3, -0.25) is 0 Å². The van der Waals surface area contributed by atoms with Gasteiger partial charge >= 0.3 is 0 Å². The van der Waals surface area contributed by atoms with E-state index in [0.717, 1.165) is 5.56 Å². The smallest absolute Gasteiger partial charge is 0.289 e. The van der Waals surface area contributed by atoms with Gasteiger partial charge in [-0.2, -0.15) is 0 Å². The summed E-state index contributed by atoms with van der Waals surface area (Å²) in [7, 11) is 1.42. The topological polar surface area (TPSA) is 64.7 Å². The van der Waals surface area contributed by atoms with Crippen molar-refractivity contribution in [2.75, 3.05) is 13.7 Å². The average Bonchev–Trinajstić information content (AvgIpc) is 2.60. The van der Waals surface area contributed by atoms with Crippen molar-refractivity contribution in [1.29, 1.82) is 0 Å². The lowest BCUT2D eigenvalue weighted by Crippen LogP contribution is -2.36. The van der Waals surface area contributed by atoms with E-state index in [-0.39, 0.29) is 18.0 Å². The fraction of sp³-hybridized carbons (Fsp3) is 0.294. The number of halogens is 3. The molecule has 1 atom stereocenters. The van der Waals surface area contributed by atoms with Crippen LogP contribution in [0.15, 0.2) is 48.5 Å². The molecule has 2 rings (SSSR count). The summed E-state index contributed by atoms with van der Waals surface area (Å²) < 4.78 is 37.8. The number of nitrogens with two attached hydrogens (primary N) is 1. The Bertz CT molecular complexity index is 641. The monoisotopic (exact) mass is 359 g/mol. The molecule has 0 aliphatic heterocycles. The van der Waals surface area contributed by atoms with Crippen LogP contribution in [0.25, 0.3) is 0 Å². The Morgan fingerprint density at radius 2 is 1.79 bits per heavy atom. The number of benzene rings is 2. The first-order chi connectivity index (χ1) is 11.0. The van der Waals surface area contributed by atoms with Gasteiger partial charge in [0.05, 0.1) is 13.2 Å². The van der Waals surface area contributed by atoms with Crippen LogP contribution in [0.3, 0.4) is 0 Å². The Kier molecular flexibility index (Phi) is 7.41. The van der Waals surface area contributed by atoms with E-state index < -0.39 is 18.6 Å². The molecule has 2 aromatic rings. The number of hydrogen-bond donors (Lipinski definition) is 2. The van der Waals surface area contributed by atoms with E-state index in [1.165, 1.54) is 25.3 Å². The Balaban J connectivity index is 0.00000288. The highest BCUT2D eigenvalue weighted by Gasteiger charge is 2.37. The van der Waals surface area contributed by atoms with Gasteiger partial charge in [-0.1, -0.05) is 36.4 Å². The zero-order valence-electron chi connectivity index (χ0n) is 13.1. The summed E-state index contributed by atoms with van der Waals surface area (Å²) in [5, 5.41) is 8.73. The quantitative estimate of drug-likeness (QED) is 0.796. The zero-order chi connectivity index (χ0) is 16.9. The van der Waals surface area contributed by atoms with E-state index in [9.17, 15) is 8.78 Å². The standard InChI is InChI=1S/C17H19F2NO3.ClH/c1-22-15-9-13(16(20)17(18,19)11-21)7-8-14(15)23-10-12-5-3-2-4-6-12;/h2-9,16,21H,10-11,20H2,1H3;1H/t16-;/m0./s1. The molecule has 2 aromatic carbocycles. The molecular formula is C17H20ClF2NO3. The predicted molar refractivity (Wildman–Crippen MR) is 90.0 cm³/mol. The number of alkyl halides is 2. The maximum Gasteiger partial charge on any atom is 0.289 e. The Morgan fingerprint density at radius 3 is 2.38 bits per heavy atom. The summed E-state index contributed by atoms with van der Waals surface area (Å²) in [5.41, 5.74) is 6.65. The minimum atomic E-state index is -3.41. The molecule has 3 N–H and O–H groups in total. The number of aliphatic hydroxyl groups excluding tert-OH is 1. The largest absolute Gasteiger partial charge is 0.493 e. The summed E-state index contributed by atoms with van der Waals surface area (Å²) >= 11 is 0. The van der Waals surface area contributed by atoms with Crippen LogP contribution in [0.2, 0.25) is 0 Å². The molecule has 0 aliphatic rings. The molecule has 0 bridgehead atoms. The van der Waals surface area contributed by atoms with Crippen LogP contribution in [-0.4, -0.2) is 24.7 Å². The fourth-order valence-corrected chi connectivity index (χ4v) is 2.07. The number of ether oxygens (including phenoxy) is 2. The van der Waals surface area contributed by atoms with Gasteiger partial charge in [0.2, 0.25) is 0 Å². The highest BCUT2D eigenvalue weighted by Crippen LogP contribution is 2.35. The van der Waals surface area contributed by atoms with Crippen LogP contribution in [0.1, 0.15) is 17.2 Å². The zero-order valence-corrected chi connectivity index (χ0v) is 13.9. The number of hydrogen-bond acceptors (Lipinski definition) is 4. The van der Waals surface area contributed by atoms with E-state index in [1.807, 2.05) is 30.3 Å². The van der Waals surface area contributed by atoms with Gasteiger partial charge in [-0.15, -0.1) is 12.4 Å². The third-order valence-electron chi connectivity index (χ3n) is 3.45. The molecule has 4 nitrogen and oxygen atoms in total. The van der Waals surface area contributed by atoms with Crippen LogP contribution >= 0.6 is 12.4 Å². The van der Waals surface area contributed by atoms with Crippen LogP contribution in [0.4, 0.5) is 8.78 Å². The first-order valence-corrected chi connectivity index (χ1v) is 7.07. The molecule has 0 spiro atoms. The molecule has 0 aromatic heterocycles. The van der Waals surface area contributed by atoms with Crippen molar-refractivity contribution >= 4 is 12.4 Å². The second-order valence-corrected chi connectivity index (χ2v) is 5.08. The molecule has 7 heteroatoms. The first-order valence-electron chi connectivity index (χ1n) is 7.07. The van der Waals surface area contributed by atoms with Gasteiger partial charge in [0, 0.05) is 0 Å². The number of methoxy groups -OCH3 is 1. The molecule has 0 unspecified atom stereocenters. The second-order valence-electron chi connectivity index (χ2n) is 5.08. The molecule has 24 heavy (non-hydrogen) atoms. The van der Waals surface area contributed by atoms with Gasteiger partial charge in [0.1, 0.15) is 13.2 Å². The number of aliphatic hydroxyl groups is 1. The average molecular weight is 360 g/mol. The van der Waals surface area contributed by atoms with E-state index in [4.69, 9.17) is 20.3 Å². The van der Waals surface area contributed by atoms with Gasteiger partial charge in [-0.05, 0) is 23.3 Å². The minimum Gasteiger partial charge on any atom is -0.493 e. The fourth-order valence-electron chi connectivity index (χ4n) is 2.07. The first kappa shape index (κ1) is 20.2. The van der Waals surface area contributed by atoms with Gasteiger partial charge in [0.15, 0.2) is 11.5 Å². The van der Waals surface area contributed by atoms with Crippen molar-refractivity contribution in [3.63, 3.8) is 0 Å². The Hall–Kier alpha value is -1.89. The van der Waals surface area contributed by atoms with E-state index >= 15 is 0 Å². The van der Waals surface area contributed by atoms with E-state index in [0.29, 0.717) is 18.1 Å². The van der Waals surface area contributed by atoms with Crippen molar-refractivity contribution < 1.29 is 23.4 Å². The summed E-state index contributed by atoms with van der Waals surface area (Å²) in [4.78, 5) is 0. The highest BCUT2D eigenvalue weighted by molar-refractivity contribution is 5.85. The van der Waals surface area contributed by atoms with Crippen LogP contribution in [-0.2, 0) is 6.61 Å². The maximum absolute atomic E-state index is 13.5. The Morgan fingerprint density at radius 1 is 1.12 bits per heavy atom. The molecular weight excluding hydrogens is 340 g/mol. The SMILES string of the molecule is COc1cc([C@H](N)C(F)(F)CO)ccc1OCc1ccccc1.Cl. The lowest BCUT2D eigenvalue weighted by Gasteiger charge is -2.22. The van der Waals surface area contributed by atoms with Crippen molar-refractivity contribution in [1.82, 2.24) is 0 Å². The summed E-state index contributed by atoms with van der Waals surface area (Å²) in [6.07, 6.45) is 0. The second kappa shape index (κ2) is 8.82. The summed E-state index contributed by atoms with van der Waals surface area (Å²) in [6.45, 7) is -0.988. The predicted octanol–water partition coefficient (Wildman–Crippen LogP) is 3.32. The lowest BCUT2D eigenvalue weighted by molar-refractivity contribution is -0.0712. The van der Waals surface area contributed by atoms with Crippen molar-refractivity contribution in [2.24, 2.45) is 5.73 Å². The van der Waals surface area contributed by atoms with Crippen LogP contribution < -0.4 is 15.2 Å². The van der Waals surface area contributed by atoms with Gasteiger partial charge < -0.3 is 20.3 Å². The molecule has 0 saturated carbocycles. The Labute approximate surface area is 145 Å².